The van der Waals surface area contributed by atoms with Crippen molar-refractivity contribution in [3.8, 4) is 0 Å². The van der Waals surface area contributed by atoms with Crippen LogP contribution in [0.2, 0.25) is 0 Å². The zero-order valence-electron chi connectivity index (χ0n) is 16.8. The maximum absolute atomic E-state index is 13.2. The second kappa shape index (κ2) is 9.04. The van der Waals surface area contributed by atoms with E-state index in [4.69, 9.17) is 5.10 Å². The Labute approximate surface area is 193 Å². The minimum atomic E-state index is -0.0358. The van der Waals surface area contributed by atoms with Crippen LogP contribution < -0.4 is 0 Å². The molecule has 0 aromatic carbocycles. The number of hydrogen-bond donors (Lipinski definition) is 0. The van der Waals surface area contributed by atoms with Crippen molar-refractivity contribution in [2.24, 2.45) is 5.10 Å². The van der Waals surface area contributed by atoms with E-state index in [1.165, 1.54) is 11.3 Å². The Morgan fingerprint density at radius 3 is 2.35 bits per heavy atom. The van der Waals surface area contributed by atoms with Gasteiger partial charge in [0, 0.05) is 37.5 Å². The number of carbonyl (C=O) groups excluding carboxylic acids is 2. The van der Waals surface area contributed by atoms with Gasteiger partial charge in [0.05, 0.1) is 28.1 Å². The van der Waals surface area contributed by atoms with E-state index in [0.717, 1.165) is 26.8 Å². The quantitative estimate of drug-likeness (QED) is 0.566. The Morgan fingerprint density at radius 2 is 1.68 bits per heavy atom. The summed E-state index contributed by atoms with van der Waals surface area (Å²) >= 11 is 4.80. The van der Waals surface area contributed by atoms with E-state index in [1.807, 2.05) is 45.3 Å². The molecule has 0 spiro atoms. The summed E-state index contributed by atoms with van der Waals surface area (Å²) in [5.41, 5.74) is 0.980. The topological polar surface area (TPSA) is 56.2 Å². The lowest BCUT2D eigenvalue weighted by molar-refractivity contribution is -0.134. The molecule has 0 saturated carbocycles. The van der Waals surface area contributed by atoms with E-state index < -0.39 is 0 Å². The van der Waals surface area contributed by atoms with E-state index in [9.17, 15) is 9.59 Å². The van der Waals surface area contributed by atoms with Crippen LogP contribution in [0.3, 0.4) is 0 Å². The zero-order chi connectivity index (χ0) is 21.2. The fraction of sp³-hybridized carbons (Fsp3) is 0.318. The van der Waals surface area contributed by atoms with Crippen molar-refractivity contribution in [2.45, 2.75) is 12.5 Å². The van der Waals surface area contributed by atoms with Gasteiger partial charge in [0.25, 0.3) is 11.8 Å². The van der Waals surface area contributed by atoms with E-state index in [-0.39, 0.29) is 17.9 Å². The molecule has 0 radical (unpaired) electrons. The van der Waals surface area contributed by atoms with Gasteiger partial charge in [0.1, 0.15) is 0 Å². The van der Waals surface area contributed by atoms with Gasteiger partial charge in [-0.05, 0) is 34.3 Å². The van der Waals surface area contributed by atoms with Gasteiger partial charge in [-0.1, -0.05) is 18.2 Å². The first-order valence-electron chi connectivity index (χ1n) is 10.2. The molecule has 160 valence electrons. The molecule has 3 aromatic rings. The molecule has 9 heteroatoms. The van der Waals surface area contributed by atoms with Crippen molar-refractivity contribution < 1.29 is 9.59 Å². The summed E-state index contributed by atoms with van der Waals surface area (Å²) in [7, 11) is 0. The molecule has 2 aliphatic heterocycles. The molecule has 2 aliphatic rings. The molecule has 6 nitrogen and oxygen atoms in total. The molecule has 2 amide bonds. The Morgan fingerprint density at radius 1 is 0.935 bits per heavy atom. The van der Waals surface area contributed by atoms with Crippen LogP contribution in [-0.2, 0) is 4.79 Å². The number of thiophene rings is 3. The number of hydrogen-bond acceptors (Lipinski definition) is 7. The van der Waals surface area contributed by atoms with Crippen molar-refractivity contribution in [2.75, 3.05) is 32.7 Å². The van der Waals surface area contributed by atoms with Crippen LogP contribution in [0.4, 0.5) is 0 Å². The molecule has 5 rings (SSSR count). The molecular weight excluding hydrogens is 448 g/mol. The number of amides is 2. The molecular formula is C22H22N4O2S3. The molecule has 5 heterocycles. The van der Waals surface area contributed by atoms with Crippen LogP contribution >= 0.6 is 34.0 Å². The number of carbonyl (C=O) groups is 2. The van der Waals surface area contributed by atoms with Gasteiger partial charge in [-0.3, -0.25) is 14.5 Å². The van der Waals surface area contributed by atoms with Crippen LogP contribution in [0.15, 0.2) is 57.6 Å². The van der Waals surface area contributed by atoms with Crippen LogP contribution in [0, 0.1) is 0 Å². The van der Waals surface area contributed by atoms with E-state index in [1.54, 1.807) is 27.7 Å². The minimum Gasteiger partial charge on any atom is -0.335 e. The zero-order valence-corrected chi connectivity index (χ0v) is 19.3. The monoisotopic (exact) mass is 470 g/mol. The first-order valence-corrected chi connectivity index (χ1v) is 12.8. The molecule has 0 unspecified atom stereocenters. The van der Waals surface area contributed by atoms with Gasteiger partial charge in [-0.2, -0.15) is 5.10 Å². The molecule has 31 heavy (non-hydrogen) atoms. The van der Waals surface area contributed by atoms with Gasteiger partial charge in [-0.25, -0.2) is 5.01 Å². The second-order valence-electron chi connectivity index (χ2n) is 7.54. The summed E-state index contributed by atoms with van der Waals surface area (Å²) in [5, 5.41) is 12.4. The molecule has 1 atom stereocenters. The summed E-state index contributed by atoms with van der Waals surface area (Å²) in [6, 6.07) is 11.9. The summed E-state index contributed by atoms with van der Waals surface area (Å²) in [6.07, 6.45) is 0.746. The fourth-order valence-electron chi connectivity index (χ4n) is 3.96. The molecule has 0 N–H and O–H groups in total. The Bertz CT molecular complexity index is 1050. The number of nitrogens with zero attached hydrogens (tertiary/aromatic N) is 4. The number of piperazine rings is 1. The molecule has 1 fully saturated rings. The average Bonchev–Trinajstić information content (AvgIpc) is 3.58. The third-order valence-corrected chi connectivity index (χ3v) is 8.34. The SMILES string of the molecule is O=C(c1cccs1)N1CCN(CC(=O)N2N=C(c3cccs3)C[C@@H]2c2cccs2)CC1. The van der Waals surface area contributed by atoms with Crippen LogP contribution in [0.5, 0.6) is 0 Å². The predicted molar refractivity (Wildman–Crippen MR) is 126 cm³/mol. The van der Waals surface area contributed by atoms with Gasteiger partial charge in [0.2, 0.25) is 0 Å². The van der Waals surface area contributed by atoms with Gasteiger partial charge < -0.3 is 4.90 Å². The Balaban J connectivity index is 1.24. The smallest absolute Gasteiger partial charge is 0.264 e. The first-order chi connectivity index (χ1) is 15.2. The summed E-state index contributed by atoms with van der Waals surface area (Å²) in [6.45, 7) is 3.00. The third kappa shape index (κ3) is 4.36. The van der Waals surface area contributed by atoms with Crippen LogP contribution in [0.1, 0.15) is 31.9 Å². The maximum Gasteiger partial charge on any atom is 0.264 e. The van der Waals surface area contributed by atoms with E-state index in [0.29, 0.717) is 32.7 Å². The normalized spacial score (nSPS) is 19.6. The highest BCUT2D eigenvalue weighted by Crippen LogP contribution is 2.36. The van der Waals surface area contributed by atoms with Crippen molar-refractivity contribution in [1.82, 2.24) is 14.8 Å². The number of hydrazone groups is 1. The van der Waals surface area contributed by atoms with E-state index in [2.05, 4.69) is 17.0 Å². The van der Waals surface area contributed by atoms with Gasteiger partial charge >= 0.3 is 0 Å². The van der Waals surface area contributed by atoms with Gasteiger partial charge in [0.15, 0.2) is 0 Å². The predicted octanol–water partition coefficient (Wildman–Crippen LogP) is 4.01. The summed E-state index contributed by atoms with van der Waals surface area (Å²) in [4.78, 5) is 32.9. The van der Waals surface area contributed by atoms with Crippen molar-refractivity contribution in [3.63, 3.8) is 0 Å². The van der Waals surface area contributed by atoms with Crippen molar-refractivity contribution in [3.05, 3.63) is 67.2 Å². The van der Waals surface area contributed by atoms with Crippen molar-refractivity contribution in [1.29, 1.82) is 0 Å². The highest BCUT2D eigenvalue weighted by atomic mass is 32.1. The highest BCUT2D eigenvalue weighted by molar-refractivity contribution is 7.12. The molecule has 0 aliphatic carbocycles. The average molecular weight is 471 g/mol. The third-order valence-electron chi connectivity index (χ3n) is 5.59. The largest absolute Gasteiger partial charge is 0.335 e. The lowest BCUT2D eigenvalue weighted by Gasteiger charge is -2.35. The van der Waals surface area contributed by atoms with Crippen molar-refractivity contribution >= 4 is 51.5 Å². The minimum absolute atomic E-state index is 0.0167. The lowest BCUT2D eigenvalue weighted by Crippen LogP contribution is -2.51. The lowest BCUT2D eigenvalue weighted by atomic mass is 10.1. The summed E-state index contributed by atoms with van der Waals surface area (Å²) < 4.78 is 0. The Hall–Kier alpha value is -2.33. The summed E-state index contributed by atoms with van der Waals surface area (Å²) in [5.74, 6) is 0.103. The van der Waals surface area contributed by atoms with E-state index >= 15 is 0 Å². The standard InChI is InChI=1S/C22H22N4O2S3/c27-21(15-24-7-9-25(10-8-24)22(28)20-6-3-13-31-20)26-17(19-5-2-12-30-19)14-16(23-26)18-4-1-11-29-18/h1-6,11-13,17H,7-10,14-15H2/t17-/m1/s1. The van der Waals surface area contributed by atoms with Gasteiger partial charge in [-0.15, -0.1) is 34.0 Å². The fourth-order valence-corrected chi connectivity index (χ4v) is 6.19. The Kier molecular flexibility index (Phi) is 5.99. The molecule has 0 bridgehead atoms. The second-order valence-corrected chi connectivity index (χ2v) is 10.4. The van der Waals surface area contributed by atoms with Crippen LogP contribution in [-0.4, -0.2) is 65.1 Å². The molecule has 3 aromatic heterocycles. The van der Waals surface area contributed by atoms with Crippen LogP contribution in [0.25, 0.3) is 0 Å². The molecule has 1 saturated heterocycles. The number of rotatable bonds is 5. The highest BCUT2D eigenvalue weighted by Gasteiger charge is 2.35. The first kappa shape index (κ1) is 20.6. The maximum atomic E-state index is 13.2.